The van der Waals surface area contributed by atoms with Gasteiger partial charge in [0.1, 0.15) is 5.41 Å². The summed E-state index contributed by atoms with van der Waals surface area (Å²) < 4.78 is 4.88. The number of aliphatic carboxylic acids is 1. The quantitative estimate of drug-likeness (QED) is 0.582. The van der Waals surface area contributed by atoms with Gasteiger partial charge in [0, 0.05) is 6.42 Å². The first-order chi connectivity index (χ1) is 8.00. The summed E-state index contributed by atoms with van der Waals surface area (Å²) in [6, 6.07) is 0. The van der Waals surface area contributed by atoms with E-state index in [1.54, 1.807) is 13.8 Å². The van der Waals surface area contributed by atoms with Crippen LogP contribution < -0.4 is 0 Å². The molecule has 0 aromatic rings. The Morgan fingerprint density at radius 2 is 2.12 bits per heavy atom. The zero-order valence-corrected chi connectivity index (χ0v) is 10.2. The lowest BCUT2D eigenvalue weighted by molar-refractivity contribution is -0.168. The normalized spacial score (nSPS) is 25.6. The van der Waals surface area contributed by atoms with Gasteiger partial charge in [-0.15, -0.1) is 0 Å². The number of hydrogen-bond donors (Lipinski definition) is 1. The maximum absolute atomic E-state index is 11.9. The van der Waals surface area contributed by atoms with E-state index in [-0.39, 0.29) is 25.2 Å². The molecule has 5 nitrogen and oxygen atoms in total. The molecule has 96 valence electrons. The Labute approximate surface area is 100 Å². The molecule has 1 aliphatic carbocycles. The molecule has 0 heterocycles. The van der Waals surface area contributed by atoms with E-state index in [0.717, 1.165) is 0 Å². The van der Waals surface area contributed by atoms with Gasteiger partial charge in [-0.1, -0.05) is 6.92 Å². The van der Waals surface area contributed by atoms with Crippen molar-refractivity contribution in [2.45, 2.75) is 39.5 Å². The Balaban J connectivity index is 3.08. The molecule has 2 atom stereocenters. The summed E-state index contributed by atoms with van der Waals surface area (Å²) in [4.78, 5) is 35.1. The number of carboxylic acid groups (broad SMARTS) is 1. The highest BCUT2D eigenvalue weighted by Crippen LogP contribution is 2.43. The first-order valence-corrected chi connectivity index (χ1v) is 5.94. The summed E-state index contributed by atoms with van der Waals surface area (Å²) in [5, 5.41) is 9.32. The molecule has 0 saturated heterocycles. The molecular weight excluding hydrogens is 224 g/mol. The number of carboxylic acids is 1. The van der Waals surface area contributed by atoms with Crippen molar-refractivity contribution >= 4 is 17.7 Å². The van der Waals surface area contributed by atoms with E-state index < -0.39 is 23.3 Å². The van der Waals surface area contributed by atoms with Gasteiger partial charge in [0.2, 0.25) is 0 Å². The number of hydrogen-bond acceptors (Lipinski definition) is 4. The Morgan fingerprint density at radius 1 is 1.47 bits per heavy atom. The van der Waals surface area contributed by atoms with Gasteiger partial charge in [-0.25, -0.2) is 0 Å². The number of carbonyl (C=O) groups excluding carboxylic acids is 2. The van der Waals surface area contributed by atoms with E-state index in [4.69, 9.17) is 4.74 Å². The molecule has 1 N–H and O–H groups in total. The highest BCUT2D eigenvalue weighted by Gasteiger charge is 2.56. The van der Waals surface area contributed by atoms with Gasteiger partial charge in [-0.05, 0) is 26.2 Å². The topological polar surface area (TPSA) is 80.7 Å². The predicted molar refractivity (Wildman–Crippen MR) is 59.3 cm³/mol. The van der Waals surface area contributed by atoms with Gasteiger partial charge >= 0.3 is 11.9 Å². The van der Waals surface area contributed by atoms with Crippen molar-refractivity contribution in [1.82, 2.24) is 0 Å². The summed E-state index contributed by atoms with van der Waals surface area (Å²) in [5.74, 6) is -2.98. The summed E-state index contributed by atoms with van der Waals surface area (Å²) >= 11 is 0. The third kappa shape index (κ3) is 2.18. The van der Waals surface area contributed by atoms with Crippen molar-refractivity contribution in [3.8, 4) is 0 Å². The molecule has 0 spiro atoms. The fourth-order valence-corrected chi connectivity index (χ4v) is 2.59. The molecule has 1 fully saturated rings. The van der Waals surface area contributed by atoms with Crippen LogP contribution in [0.15, 0.2) is 0 Å². The third-order valence-electron chi connectivity index (χ3n) is 3.43. The van der Waals surface area contributed by atoms with E-state index in [9.17, 15) is 19.5 Å². The molecule has 0 aromatic heterocycles. The molecule has 0 bridgehead atoms. The molecule has 5 heteroatoms. The van der Waals surface area contributed by atoms with Crippen molar-refractivity contribution in [3.05, 3.63) is 0 Å². The third-order valence-corrected chi connectivity index (χ3v) is 3.43. The summed E-state index contributed by atoms with van der Waals surface area (Å²) in [7, 11) is 0. The molecule has 2 unspecified atom stereocenters. The summed E-state index contributed by atoms with van der Waals surface area (Å²) in [6.45, 7) is 3.56. The number of ether oxygens (including phenoxy) is 1. The summed E-state index contributed by atoms with van der Waals surface area (Å²) in [6.07, 6.45) is 1.30. The highest BCUT2D eigenvalue weighted by molar-refractivity contribution is 6.07. The molecule has 0 aromatic carbocycles. The minimum absolute atomic E-state index is 0.194. The Bertz CT molecular complexity index is 336. The van der Waals surface area contributed by atoms with Crippen LogP contribution in [0.25, 0.3) is 0 Å². The maximum Gasteiger partial charge on any atom is 0.318 e. The van der Waals surface area contributed by atoms with Gasteiger partial charge < -0.3 is 9.84 Å². The molecular formula is C12H18O5. The van der Waals surface area contributed by atoms with Crippen molar-refractivity contribution in [2.75, 3.05) is 6.61 Å². The van der Waals surface area contributed by atoms with Gasteiger partial charge in [0.05, 0.1) is 12.5 Å². The Hall–Kier alpha value is -1.39. The molecule has 0 radical (unpaired) electrons. The van der Waals surface area contributed by atoms with Crippen molar-refractivity contribution in [2.24, 2.45) is 11.3 Å². The van der Waals surface area contributed by atoms with Gasteiger partial charge in [0.25, 0.3) is 0 Å². The van der Waals surface area contributed by atoms with Crippen LogP contribution in [0, 0.1) is 11.3 Å². The predicted octanol–water partition coefficient (Wildman–Crippen LogP) is 1.40. The molecule has 1 aliphatic rings. The van der Waals surface area contributed by atoms with Crippen LogP contribution in [0.2, 0.25) is 0 Å². The first-order valence-electron chi connectivity index (χ1n) is 5.94. The van der Waals surface area contributed by atoms with Crippen LogP contribution in [-0.2, 0) is 19.1 Å². The number of ketones is 1. The van der Waals surface area contributed by atoms with Crippen LogP contribution in [-0.4, -0.2) is 29.4 Å². The fourth-order valence-electron chi connectivity index (χ4n) is 2.59. The number of Topliss-reactive ketones (excluding diaryl/α,β-unsaturated/α-hetero) is 1. The zero-order valence-electron chi connectivity index (χ0n) is 10.2. The zero-order chi connectivity index (χ0) is 13.1. The second-order valence-electron chi connectivity index (χ2n) is 4.27. The average molecular weight is 242 g/mol. The lowest BCUT2D eigenvalue weighted by atomic mass is 9.72. The van der Waals surface area contributed by atoms with Gasteiger partial charge in [-0.3, -0.25) is 14.4 Å². The lowest BCUT2D eigenvalue weighted by Crippen LogP contribution is -2.46. The molecule has 0 amide bonds. The molecule has 17 heavy (non-hydrogen) atoms. The lowest BCUT2D eigenvalue weighted by Gasteiger charge is -2.29. The van der Waals surface area contributed by atoms with Crippen LogP contribution in [0.4, 0.5) is 0 Å². The monoisotopic (exact) mass is 242 g/mol. The maximum atomic E-state index is 11.9. The molecule has 1 saturated carbocycles. The van der Waals surface area contributed by atoms with E-state index in [2.05, 4.69) is 0 Å². The van der Waals surface area contributed by atoms with Crippen molar-refractivity contribution in [3.63, 3.8) is 0 Å². The second-order valence-corrected chi connectivity index (χ2v) is 4.27. The number of esters is 1. The van der Waals surface area contributed by atoms with E-state index in [1.165, 1.54) is 0 Å². The smallest absolute Gasteiger partial charge is 0.318 e. The minimum atomic E-state index is -1.55. The minimum Gasteiger partial charge on any atom is -0.480 e. The standard InChI is InChI=1S/C12H18O5/c1-3-8(10(14)17-4-2)12(11(15)16)7-5-6-9(12)13/h8H,3-7H2,1-2H3,(H,15,16). The molecule has 0 aliphatic heterocycles. The average Bonchev–Trinajstić information content (AvgIpc) is 2.63. The SMILES string of the molecule is CCOC(=O)C(CC)C1(C(=O)O)CCCC1=O. The van der Waals surface area contributed by atoms with Crippen LogP contribution in [0.1, 0.15) is 39.5 Å². The first kappa shape index (κ1) is 13.7. The fraction of sp³-hybridized carbons (Fsp3) is 0.750. The van der Waals surface area contributed by atoms with Gasteiger partial charge in [-0.2, -0.15) is 0 Å². The van der Waals surface area contributed by atoms with Gasteiger partial charge in [0.15, 0.2) is 5.78 Å². The van der Waals surface area contributed by atoms with E-state index in [1.807, 2.05) is 0 Å². The van der Waals surface area contributed by atoms with Crippen molar-refractivity contribution < 1.29 is 24.2 Å². The van der Waals surface area contributed by atoms with Crippen molar-refractivity contribution in [1.29, 1.82) is 0 Å². The van der Waals surface area contributed by atoms with Crippen LogP contribution >= 0.6 is 0 Å². The van der Waals surface area contributed by atoms with Crippen LogP contribution in [0.3, 0.4) is 0 Å². The number of carbonyl (C=O) groups is 3. The van der Waals surface area contributed by atoms with E-state index in [0.29, 0.717) is 12.8 Å². The second kappa shape index (κ2) is 5.29. The molecule has 1 rings (SSSR count). The summed E-state index contributed by atoms with van der Waals surface area (Å²) in [5.41, 5.74) is -1.55. The van der Waals surface area contributed by atoms with E-state index >= 15 is 0 Å². The highest BCUT2D eigenvalue weighted by atomic mass is 16.5. The Morgan fingerprint density at radius 3 is 2.47 bits per heavy atom. The van der Waals surface area contributed by atoms with Crippen LogP contribution in [0.5, 0.6) is 0 Å². The number of rotatable bonds is 5. The largest absolute Gasteiger partial charge is 0.480 e. The Kier molecular flexibility index (Phi) is 4.26.